The lowest BCUT2D eigenvalue weighted by Gasteiger charge is -2.28. The molecule has 1 amide bonds. The number of amides is 1. The standard InChI is InChI=1S/C19H30N2O2/c1-12(20-14(11-22)10-18(2,3)4)13-7-8-16-15(9-13)19(5,6)17(23)21-16/h7-9,12,14,20,22H,10-11H2,1-6H3,(H,21,23). The number of fused-ring (bicyclic) bond motifs is 1. The monoisotopic (exact) mass is 318 g/mol. The molecule has 0 saturated carbocycles. The number of hydrogen-bond acceptors (Lipinski definition) is 3. The van der Waals surface area contributed by atoms with Crippen molar-refractivity contribution in [3.63, 3.8) is 0 Å². The summed E-state index contributed by atoms with van der Waals surface area (Å²) in [5.74, 6) is 0.0474. The summed E-state index contributed by atoms with van der Waals surface area (Å²) in [4.78, 5) is 12.1. The second-order valence-electron chi connectivity index (χ2n) is 8.42. The third-order valence-corrected chi connectivity index (χ3v) is 4.60. The zero-order valence-electron chi connectivity index (χ0n) is 15.2. The van der Waals surface area contributed by atoms with Crippen LogP contribution in [0.4, 0.5) is 5.69 Å². The molecule has 23 heavy (non-hydrogen) atoms. The average molecular weight is 318 g/mol. The van der Waals surface area contributed by atoms with Crippen molar-refractivity contribution < 1.29 is 9.90 Å². The molecule has 1 aliphatic heterocycles. The number of aliphatic hydroxyl groups is 1. The Bertz CT molecular complexity index is 588. The van der Waals surface area contributed by atoms with E-state index in [4.69, 9.17) is 0 Å². The van der Waals surface area contributed by atoms with Crippen molar-refractivity contribution in [2.45, 2.75) is 65.5 Å². The number of nitrogens with one attached hydrogen (secondary N) is 2. The first-order valence-electron chi connectivity index (χ1n) is 8.37. The molecular formula is C19H30N2O2. The van der Waals surface area contributed by atoms with E-state index < -0.39 is 5.41 Å². The summed E-state index contributed by atoms with van der Waals surface area (Å²) in [5.41, 5.74) is 2.76. The van der Waals surface area contributed by atoms with Gasteiger partial charge in [-0.1, -0.05) is 32.9 Å². The van der Waals surface area contributed by atoms with Crippen LogP contribution in [-0.4, -0.2) is 23.7 Å². The molecule has 2 atom stereocenters. The first kappa shape index (κ1) is 18.0. The lowest BCUT2D eigenvalue weighted by atomic mass is 9.84. The highest BCUT2D eigenvalue weighted by Gasteiger charge is 2.38. The molecule has 4 nitrogen and oxygen atoms in total. The number of carbonyl (C=O) groups is 1. The molecule has 128 valence electrons. The second kappa shape index (κ2) is 6.25. The van der Waals surface area contributed by atoms with Gasteiger partial charge >= 0.3 is 0 Å². The molecule has 4 heteroatoms. The van der Waals surface area contributed by atoms with Gasteiger partial charge < -0.3 is 15.7 Å². The Kier molecular flexibility index (Phi) is 4.88. The lowest BCUT2D eigenvalue weighted by molar-refractivity contribution is -0.119. The van der Waals surface area contributed by atoms with Crippen LogP contribution in [0.5, 0.6) is 0 Å². The van der Waals surface area contributed by atoms with Crippen molar-refractivity contribution in [1.29, 1.82) is 0 Å². The van der Waals surface area contributed by atoms with Crippen LogP contribution in [0, 0.1) is 5.41 Å². The first-order chi connectivity index (χ1) is 10.5. The van der Waals surface area contributed by atoms with Gasteiger partial charge in [0.15, 0.2) is 0 Å². The molecule has 1 aromatic carbocycles. The van der Waals surface area contributed by atoms with Crippen LogP contribution in [0.3, 0.4) is 0 Å². The summed E-state index contributed by atoms with van der Waals surface area (Å²) in [6.45, 7) is 12.7. The van der Waals surface area contributed by atoms with Crippen LogP contribution in [0.1, 0.15) is 65.1 Å². The van der Waals surface area contributed by atoms with Gasteiger partial charge in [0.25, 0.3) is 0 Å². The predicted octanol–water partition coefficient (Wildman–Crippen LogP) is 3.36. The van der Waals surface area contributed by atoms with E-state index in [1.807, 2.05) is 26.0 Å². The number of hydrogen-bond donors (Lipinski definition) is 3. The fraction of sp³-hybridized carbons (Fsp3) is 0.632. The highest BCUT2D eigenvalue weighted by molar-refractivity contribution is 6.05. The molecule has 0 saturated heterocycles. The minimum Gasteiger partial charge on any atom is -0.395 e. The van der Waals surface area contributed by atoms with Gasteiger partial charge in [-0.05, 0) is 49.8 Å². The van der Waals surface area contributed by atoms with E-state index in [1.54, 1.807) is 0 Å². The van der Waals surface area contributed by atoms with Gasteiger partial charge in [-0.15, -0.1) is 0 Å². The molecule has 0 radical (unpaired) electrons. The smallest absolute Gasteiger partial charge is 0.234 e. The Labute approximate surface area is 139 Å². The van der Waals surface area contributed by atoms with Gasteiger partial charge in [-0.2, -0.15) is 0 Å². The normalized spacial score (nSPS) is 19.2. The van der Waals surface area contributed by atoms with Crippen molar-refractivity contribution in [2.24, 2.45) is 5.41 Å². The Morgan fingerprint density at radius 3 is 2.52 bits per heavy atom. The number of aliphatic hydroxyl groups excluding tert-OH is 1. The van der Waals surface area contributed by atoms with Gasteiger partial charge in [0.1, 0.15) is 0 Å². The fourth-order valence-corrected chi connectivity index (χ4v) is 3.22. The highest BCUT2D eigenvalue weighted by atomic mass is 16.3. The summed E-state index contributed by atoms with van der Waals surface area (Å²) in [6, 6.07) is 6.31. The summed E-state index contributed by atoms with van der Waals surface area (Å²) in [6.07, 6.45) is 0.907. The third-order valence-electron chi connectivity index (χ3n) is 4.60. The van der Waals surface area contributed by atoms with Gasteiger partial charge in [-0.25, -0.2) is 0 Å². The van der Waals surface area contributed by atoms with Gasteiger partial charge in [-0.3, -0.25) is 4.79 Å². The van der Waals surface area contributed by atoms with E-state index in [9.17, 15) is 9.90 Å². The quantitative estimate of drug-likeness (QED) is 0.780. The molecule has 0 aliphatic carbocycles. The molecule has 2 unspecified atom stereocenters. The van der Waals surface area contributed by atoms with Crippen molar-refractivity contribution in [2.75, 3.05) is 11.9 Å². The molecule has 1 aliphatic rings. The minimum atomic E-state index is -0.493. The van der Waals surface area contributed by atoms with E-state index in [0.717, 1.165) is 23.2 Å². The largest absolute Gasteiger partial charge is 0.395 e. The lowest BCUT2D eigenvalue weighted by Crippen LogP contribution is -2.37. The Morgan fingerprint density at radius 1 is 1.30 bits per heavy atom. The number of benzene rings is 1. The second-order valence-corrected chi connectivity index (χ2v) is 8.42. The first-order valence-corrected chi connectivity index (χ1v) is 8.37. The average Bonchev–Trinajstić information content (AvgIpc) is 2.66. The molecule has 1 heterocycles. The van der Waals surface area contributed by atoms with Crippen molar-refractivity contribution in [3.05, 3.63) is 29.3 Å². The number of carbonyl (C=O) groups excluding carboxylic acids is 1. The van der Waals surface area contributed by atoms with E-state index >= 15 is 0 Å². The maximum atomic E-state index is 12.1. The topological polar surface area (TPSA) is 61.4 Å². The minimum absolute atomic E-state index is 0.0474. The van der Waals surface area contributed by atoms with Gasteiger partial charge in [0.2, 0.25) is 5.91 Å². The van der Waals surface area contributed by atoms with Crippen LogP contribution in [0.25, 0.3) is 0 Å². The molecule has 1 aromatic rings. The fourth-order valence-electron chi connectivity index (χ4n) is 3.22. The Balaban J connectivity index is 2.17. The maximum Gasteiger partial charge on any atom is 0.234 e. The molecule has 0 fully saturated rings. The SMILES string of the molecule is CC(NC(CO)CC(C)(C)C)c1ccc2c(c1)C(C)(C)C(=O)N2. The molecule has 0 spiro atoms. The van der Waals surface area contributed by atoms with Crippen molar-refractivity contribution >= 4 is 11.6 Å². The van der Waals surface area contributed by atoms with Crippen LogP contribution >= 0.6 is 0 Å². The molecular weight excluding hydrogens is 288 g/mol. The van der Waals surface area contributed by atoms with Crippen molar-refractivity contribution in [1.82, 2.24) is 5.32 Å². The number of anilines is 1. The summed E-state index contributed by atoms with van der Waals surface area (Å²) in [5, 5.41) is 16.1. The zero-order valence-corrected chi connectivity index (χ0v) is 15.2. The van der Waals surface area contributed by atoms with Crippen LogP contribution in [0.15, 0.2) is 18.2 Å². The molecule has 0 bridgehead atoms. The zero-order chi connectivity index (χ0) is 17.4. The molecule has 0 aromatic heterocycles. The van der Waals surface area contributed by atoms with Crippen LogP contribution < -0.4 is 10.6 Å². The van der Waals surface area contributed by atoms with E-state index in [-0.39, 0.29) is 30.0 Å². The van der Waals surface area contributed by atoms with Gasteiger partial charge in [0, 0.05) is 17.8 Å². The van der Waals surface area contributed by atoms with Crippen molar-refractivity contribution in [3.8, 4) is 0 Å². The highest BCUT2D eigenvalue weighted by Crippen LogP contribution is 2.38. The number of rotatable bonds is 5. The summed E-state index contributed by atoms with van der Waals surface area (Å²) < 4.78 is 0. The summed E-state index contributed by atoms with van der Waals surface area (Å²) in [7, 11) is 0. The predicted molar refractivity (Wildman–Crippen MR) is 94.6 cm³/mol. The van der Waals surface area contributed by atoms with E-state index in [1.165, 1.54) is 0 Å². The third kappa shape index (κ3) is 3.93. The molecule has 3 N–H and O–H groups in total. The van der Waals surface area contributed by atoms with E-state index in [0.29, 0.717) is 0 Å². The van der Waals surface area contributed by atoms with Gasteiger partial charge in [0.05, 0.1) is 12.0 Å². The maximum absolute atomic E-state index is 12.1. The summed E-state index contributed by atoms with van der Waals surface area (Å²) >= 11 is 0. The van der Waals surface area contributed by atoms with E-state index in [2.05, 4.69) is 44.4 Å². The molecule has 2 rings (SSSR count). The Morgan fingerprint density at radius 2 is 1.96 bits per heavy atom. The Hall–Kier alpha value is -1.39. The van der Waals surface area contributed by atoms with Crippen LogP contribution in [0.2, 0.25) is 0 Å². The van der Waals surface area contributed by atoms with Crippen LogP contribution in [-0.2, 0) is 10.2 Å².